The second kappa shape index (κ2) is 7.01. The van der Waals surface area contributed by atoms with E-state index < -0.39 is 0 Å². The SMILES string of the molecule is CCCNC(Cc1cccnc1N)c1cc(C)ccn1. The number of hydrogen-bond donors (Lipinski definition) is 2. The molecule has 3 N–H and O–H groups in total. The molecule has 0 radical (unpaired) electrons. The van der Waals surface area contributed by atoms with Gasteiger partial charge in [0, 0.05) is 12.4 Å². The number of nitrogen functional groups attached to an aromatic ring is 1. The Labute approximate surface area is 120 Å². The Hall–Kier alpha value is -1.94. The number of nitrogens with zero attached hydrogens (tertiary/aromatic N) is 2. The van der Waals surface area contributed by atoms with E-state index in [-0.39, 0.29) is 6.04 Å². The van der Waals surface area contributed by atoms with Crippen molar-refractivity contribution >= 4 is 5.82 Å². The minimum atomic E-state index is 0.168. The maximum absolute atomic E-state index is 5.95. The number of anilines is 1. The van der Waals surface area contributed by atoms with Crippen molar-refractivity contribution in [3.63, 3.8) is 0 Å². The molecule has 0 bridgehead atoms. The first-order valence-corrected chi connectivity index (χ1v) is 7.06. The van der Waals surface area contributed by atoms with Crippen molar-refractivity contribution in [3.05, 3.63) is 53.5 Å². The molecular formula is C16H22N4. The number of nitrogens with two attached hydrogens (primary N) is 1. The molecule has 20 heavy (non-hydrogen) atoms. The number of aromatic nitrogens is 2. The van der Waals surface area contributed by atoms with Gasteiger partial charge in [-0.15, -0.1) is 0 Å². The normalized spacial score (nSPS) is 12.3. The molecule has 0 aliphatic carbocycles. The lowest BCUT2D eigenvalue weighted by Crippen LogP contribution is -2.25. The van der Waals surface area contributed by atoms with Crippen molar-refractivity contribution in [1.82, 2.24) is 15.3 Å². The standard InChI is InChI=1S/C16H22N4/c1-3-7-18-15(14-10-12(2)6-9-19-14)11-13-5-4-8-20-16(13)17/h4-6,8-10,15,18H,3,7,11H2,1-2H3,(H2,17,20). The Morgan fingerprint density at radius 1 is 1.25 bits per heavy atom. The number of nitrogens with one attached hydrogen (secondary N) is 1. The van der Waals surface area contributed by atoms with Gasteiger partial charge in [0.2, 0.25) is 0 Å². The molecule has 2 heterocycles. The van der Waals surface area contributed by atoms with E-state index in [0.29, 0.717) is 5.82 Å². The Balaban J connectivity index is 2.21. The third kappa shape index (κ3) is 3.78. The average Bonchev–Trinajstić information content (AvgIpc) is 2.45. The summed E-state index contributed by atoms with van der Waals surface area (Å²) in [5, 5.41) is 3.54. The lowest BCUT2D eigenvalue weighted by molar-refractivity contribution is 0.517. The molecular weight excluding hydrogens is 248 g/mol. The molecule has 2 rings (SSSR count). The van der Waals surface area contributed by atoms with Crippen LogP contribution in [0, 0.1) is 6.92 Å². The minimum absolute atomic E-state index is 0.168. The molecule has 2 aromatic rings. The number of aryl methyl sites for hydroxylation is 1. The number of hydrogen-bond acceptors (Lipinski definition) is 4. The summed E-state index contributed by atoms with van der Waals surface area (Å²) in [5.41, 5.74) is 9.28. The molecule has 106 valence electrons. The Bertz CT molecular complexity index is 554. The zero-order chi connectivity index (χ0) is 14.4. The van der Waals surface area contributed by atoms with Crippen LogP contribution in [0.2, 0.25) is 0 Å². The highest BCUT2D eigenvalue weighted by atomic mass is 14.9. The predicted octanol–water partition coefficient (Wildman–Crippen LogP) is 2.65. The Kier molecular flexibility index (Phi) is 5.07. The Morgan fingerprint density at radius 3 is 2.80 bits per heavy atom. The first kappa shape index (κ1) is 14.5. The third-order valence-electron chi connectivity index (χ3n) is 3.28. The molecule has 0 aliphatic rings. The van der Waals surface area contributed by atoms with Gasteiger partial charge in [-0.3, -0.25) is 4.98 Å². The lowest BCUT2D eigenvalue weighted by Gasteiger charge is -2.19. The fraction of sp³-hybridized carbons (Fsp3) is 0.375. The largest absolute Gasteiger partial charge is 0.383 e. The van der Waals surface area contributed by atoms with Crippen molar-refractivity contribution in [2.45, 2.75) is 32.7 Å². The monoisotopic (exact) mass is 270 g/mol. The molecule has 4 heteroatoms. The summed E-state index contributed by atoms with van der Waals surface area (Å²) in [6, 6.07) is 8.25. The zero-order valence-corrected chi connectivity index (χ0v) is 12.1. The summed E-state index contributed by atoms with van der Waals surface area (Å²) >= 11 is 0. The van der Waals surface area contributed by atoms with Crippen LogP contribution in [0.5, 0.6) is 0 Å². The minimum Gasteiger partial charge on any atom is -0.383 e. The average molecular weight is 270 g/mol. The molecule has 4 nitrogen and oxygen atoms in total. The molecule has 0 aliphatic heterocycles. The van der Waals surface area contributed by atoms with Gasteiger partial charge >= 0.3 is 0 Å². The van der Waals surface area contributed by atoms with E-state index in [0.717, 1.165) is 30.6 Å². The van der Waals surface area contributed by atoms with Gasteiger partial charge in [-0.25, -0.2) is 4.98 Å². The first-order chi connectivity index (χ1) is 9.70. The lowest BCUT2D eigenvalue weighted by atomic mass is 10.0. The van der Waals surface area contributed by atoms with Crippen molar-refractivity contribution in [3.8, 4) is 0 Å². The highest BCUT2D eigenvalue weighted by molar-refractivity contribution is 5.39. The van der Waals surface area contributed by atoms with Crippen LogP contribution in [-0.2, 0) is 6.42 Å². The molecule has 1 atom stereocenters. The van der Waals surface area contributed by atoms with Crippen LogP contribution < -0.4 is 11.1 Å². The van der Waals surface area contributed by atoms with Crippen LogP contribution in [-0.4, -0.2) is 16.5 Å². The summed E-state index contributed by atoms with van der Waals surface area (Å²) in [5.74, 6) is 0.600. The van der Waals surface area contributed by atoms with E-state index in [2.05, 4.69) is 35.2 Å². The van der Waals surface area contributed by atoms with Gasteiger partial charge in [0.15, 0.2) is 0 Å². The van der Waals surface area contributed by atoms with Gasteiger partial charge in [0.05, 0.1) is 11.7 Å². The predicted molar refractivity (Wildman–Crippen MR) is 82.4 cm³/mol. The number of pyridine rings is 2. The maximum atomic E-state index is 5.95. The van der Waals surface area contributed by atoms with Crippen LogP contribution in [0.4, 0.5) is 5.82 Å². The van der Waals surface area contributed by atoms with Gasteiger partial charge < -0.3 is 11.1 Å². The van der Waals surface area contributed by atoms with E-state index in [1.807, 2.05) is 24.4 Å². The molecule has 0 saturated heterocycles. The van der Waals surface area contributed by atoms with Gasteiger partial charge in [-0.2, -0.15) is 0 Å². The topological polar surface area (TPSA) is 63.8 Å². The van der Waals surface area contributed by atoms with E-state index in [9.17, 15) is 0 Å². The van der Waals surface area contributed by atoms with Crippen LogP contribution >= 0.6 is 0 Å². The van der Waals surface area contributed by atoms with Crippen molar-refractivity contribution < 1.29 is 0 Å². The highest BCUT2D eigenvalue weighted by Crippen LogP contribution is 2.20. The van der Waals surface area contributed by atoms with Gasteiger partial charge in [-0.05, 0) is 55.6 Å². The van der Waals surface area contributed by atoms with E-state index in [4.69, 9.17) is 5.73 Å². The zero-order valence-electron chi connectivity index (χ0n) is 12.1. The molecule has 0 spiro atoms. The second-order valence-electron chi connectivity index (χ2n) is 5.02. The summed E-state index contributed by atoms with van der Waals surface area (Å²) in [4.78, 5) is 8.65. The summed E-state index contributed by atoms with van der Waals surface area (Å²) < 4.78 is 0. The summed E-state index contributed by atoms with van der Waals surface area (Å²) in [6.07, 6.45) is 5.47. The van der Waals surface area contributed by atoms with Gasteiger partial charge in [-0.1, -0.05) is 13.0 Å². The second-order valence-corrected chi connectivity index (χ2v) is 5.02. The van der Waals surface area contributed by atoms with E-state index in [1.165, 1.54) is 5.56 Å². The van der Waals surface area contributed by atoms with E-state index in [1.54, 1.807) is 6.20 Å². The van der Waals surface area contributed by atoms with Crippen LogP contribution in [0.3, 0.4) is 0 Å². The molecule has 0 fully saturated rings. The fourth-order valence-electron chi connectivity index (χ4n) is 2.19. The van der Waals surface area contributed by atoms with Crippen LogP contribution in [0.25, 0.3) is 0 Å². The van der Waals surface area contributed by atoms with E-state index >= 15 is 0 Å². The quantitative estimate of drug-likeness (QED) is 0.847. The molecule has 0 aromatic carbocycles. The van der Waals surface area contributed by atoms with Gasteiger partial charge in [0.1, 0.15) is 5.82 Å². The molecule has 0 saturated carbocycles. The molecule has 1 unspecified atom stereocenters. The van der Waals surface area contributed by atoms with Crippen LogP contribution in [0.1, 0.15) is 36.2 Å². The van der Waals surface area contributed by atoms with Crippen LogP contribution in [0.15, 0.2) is 36.7 Å². The Morgan fingerprint density at radius 2 is 2.10 bits per heavy atom. The number of rotatable bonds is 6. The fourth-order valence-corrected chi connectivity index (χ4v) is 2.19. The summed E-state index contributed by atoms with van der Waals surface area (Å²) in [6.45, 7) is 5.20. The highest BCUT2D eigenvalue weighted by Gasteiger charge is 2.14. The third-order valence-corrected chi connectivity index (χ3v) is 3.28. The van der Waals surface area contributed by atoms with Crippen molar-refractivity contribution in [2.75, 3.05) is 12.3 Å². The maximum Gasteiger partial charge on any atom is 0.126 e. The van der Waals surface area contributed by atoms with Crippen molar-refractivity contribution in [2.24, 2.45) is 0 Å². The molecule has 2 aromatic heterocycles. The smallest absolute Gasteiger partial charge is 0.126 e. The van der Waals surface area contributed by atoms with Crippen molar-refractivity contribution in [1.29, 1.82) is 0 Å². The first-order valence-electron chi connectivity index (χ1n) is 7.06. The molecule has 0 amide bonds. The summed E-state index contributed by atoms with van der Waals surface area (Å²) in [7, 11) is 0. The van der Waals surface area contributed by atoms with Gasteiger partial charge in [0.25, 0.3) is 0 Å².